The van der Waals surface area contributed by atoms with Gasteiger partial charge in [-0.25, -0.2) is 4.79 Å². The van der Waals surface area contributed by atoms with Gasteiger partial charge in [0.1, 0.15) is 18.1 Å². The predicted molar refractivity (Wildman–Crippen MR) is 121 cm³/mol. The van der Waals surface area contributed by atoms with Crippen molar-refractivity contribution in [1.29, 1.82) is 0 Å². The van der Waals surface area contributed by atoms with Crippen LogP contribution >= 0.6 is 11.8 Å². The number of nitrogens with zero attached hydrogens (tertiary/aromatic N) is 1. The number of nitrogens with one attached hydrogen (secondary N) is 2. The third-order valence-corrected chi connectivity index (χ3v) is 5.97. The Morgan fingerprint density at radius 3 is 2.15 bits per heavy atom. The molecule has 192 valence electrons. The number of thioether (sulfide) groups is 1. The summed E-state index contributed by atoms with van der Waals surface area (Å²) in [6, 6.07) is -4.50. The number of carbonyl (C=O) groups is 6. The molecule has 0 saturated carbocycles. The van der Waals surface area contributed by atoms with Gasteiger partial charge in [-0.2, -0.15) is 11.8 Å². The van der Waals surface area contributed by atoms with Gasteiger partial charge in [-0.1, -0.05) is 0 Å². The number of carbonyl (C=O) groups excluding carboxylic acids is 3. The van der Waals surface area contributed by atoms with Crippen LogP contribution in [0.25, 0.3) is 0 Å². The van der Waals surface area contributed by atoms with Gasteiger partial charge in [-0.3, -0.25) is 24.0 Å². The van der Waals surface area contributed by atoms with E-state index in [4.69, 9.17) is 15.9 Å². The molecule has 1 saturated heterocycles. The highest BCUT2D eigenvalue weighted by molar-refractivity contribution is 7.98. The van der Waals surface area contributed by atoms with Crippen LogP contribution in [0, 0.1) is 0 Å². The van der Waals surface area contributed by atoms with Crippen molar-refractivity contribution in [3.63, 3.8) is 0 Å². The number of carboxylic acid groups (broad SMARTS) is 3. The van der Waals surface area contributed by atoms with E-state index >= 15 is 0 Å². The number of carboxylic acids is 3. The molecule has 0 aromatic rings. The van der Waals surface area contributed by atoms with E-state index in [-0.39, 0.29) is 32.2 Å². The van der Waals surface area contributed by atoms with Crippen LogP contribution < -0.4 is 16.4 Å². The fourth-order valence-corrected chi connectivity index (χ4v) is 3.96. The molecule has 4 atom stereocenters. The lowest BCUT2D eigenvalue weighted by molar-refractivity contribution is -0.144. The predicted octanol–water partition coefficient (Wildman–Crippen LogP) is -1.16. The number of amides is 3. The lowest BCUT2D eigenvalue weighted by Gasteiger charge is -2.28. The van der Waals surface area contributed by atoms with Crippen molar-refractivity contribution in [2.45, 2.75) is 69.1 Å². The molecule has 0 bridgehead atoms. The molecular formula is C20H32N4O9S. The van der Waals surface area contributed by atoms with Gasteiger partial charge in [-0.15, -0.1) is 0 Å². The molecular weight excluding hydrogens is 472 g/mol. The molecule has 13 nitrogen and oxygen atoms in total. The van der Waals surface area contributed by atoms with Gasteiger partial charge in [0.05, 0.1) is 6.04 Å². The van der Waals surface area contributed by atoms with Crippen molar-refractivity contribution >= 4 is 47.4 Å². The third-order valence-electron chi connectivity index (χ3n) is 5.33. The zero-order valence-electron chi connectivity index (χ0n) is 18.9. The van der Waals surface area contributed by atoms with Crippen LogP contribution in [0.15, 0.2) is 0 Å². The van der Waals surface area contributed by atoms with Crippen LogP contribution in [-0.4, -0.2) is 98.6 Å². The van der Waals surface area contributed by atoms with Crippen LogP contribution in [0.5, 0.6) is 0 Å². The molecule has 1 rings (SSSR count). The number of nitrogens with two attached hydrogens (primary N) is 1. The van der Waals surface area contributed by atoms with Crippen LogP contribution in [0.1, 0.15) is 44.9 Å². The van der Waals surface area contributed by atoms with Gasteiger partial charge in [-0.05, 0) is 44.1 Å². The van der Waals surface area contributed by atoms with Crippen LogP contribution in [-0.2, 0) is 28.8 Å². The van der Waals surface area contributed by atoms with E-state index < -0.39 is 66.2 Å². The first-order chi connectivity index (χ1) is 16.0. The Bertz CT molecular complexity index is 779. The van der Waals surface area contributed by atoms with E-state index in [2.05, 4.69) is 10.6 Å². The first-order valence-corrected chi connectivity index (χ1v) is 12.2. The maximum Gasteiger partial charge on any atom is 0.326 e. The van der Waals surface area contributed by atoms with Crippen molar-refractivity contribution in [3.05, 3.63) is 0 Å². The molecule has 7 N–H and O–H groups in total. The summed E-state index contributed by atoms with van der Waals surface area (Å²) in [5.41, 5.74) is 5.81. The molecule has 1 aliphatic rings. The molecule has 14 heteroatoms. The maximum atomic E-state index is 12.9. The molecule has 1 fully saturated rings. The minimum atomic E-state index is -1.44. The van der Waals surface area contributed by atoms with Crippen LogP contribution in [0.3, 0.4) is 0 Å². The standard InChI is InChI=1S/C20H32N4O9S/c1-34-10-8-12(17(29)23-13(20(32)33)5-7-16(27)28)22-18(30)14-3-2-9-24(14)19(31)11(21)4-6-15(25)26/h11-14H,2-10,21H2,1H3,(H,22,30)(H,23,29)(H,25,26)(H,27,28)(H,32,33). The number of rotatable bonds is 15. The molecule has 0 spiro atoms. The van der Waals surface area contributed by atoms with Gasteiger partial charge in [0.15, 0.2) is 0 Å². The second-order valence-corrected chi connectivity index (χ2v) is 8.89. The topological polar surface area (TPSA) is 216 Å². The average Bonchev–Trinajstić information content (AvgIpc) is 3.26. The van der Waals surface area contributed by atoms with E-state index in [1.807, 2.05) is 0 Å². The van der Waals surface area contributed by atoms with Crippen molar-refractivity contribution < 1.29 is 44.1 Å². The van der Waals surface area contributed by atoms with E-state index in [0.29, 0.717) is 18.6 Å². The highest BCUT2D eigenvalue weighted by Gasteiger charge is 2.38. The molecule has 3 amide bonds. The van der Waals surface area contributed by atoms with E-state index in [0.717, 1.165) is 0 Å². The van der Waals surface area contributed by atoms with Crippen LogP contribution in [0.2, 0.25) is 0 Å². The Balaban J connectivity index is 2.87. The molecule has 1 heterocycles. The lowest BCUT2D eigenvalue weighted by atomic mass is 10.1. The highest BCUT2D eigenvalue weighted by atomic mass is 32.2. The first-order valence-electron chi connectivity index (χ1n) is 10.8. The summed E-state index contributed by atoms with van der Waals surface area (Å²) in [7, 11) is 0. The second kappa shape index (κ2) is 14.4. The molecule has 4 unspecified atom stereocenters. The zero-order valence-corrected chi connectivity index (χ0v) is 19.7. The normalized spacial score (nSPS) is 17.9. The molecule has 0 radical (unpaired) electrons. The summed E-state index contributed by atoms with van der Waals surface area (Å²) in [6.45, 7) is 0.260. The summed E-state index contributed by atoms with van der Waals surface area (Å²) in [4.78, 5) is 72.5. The second-order valence-electron chi connectivity index (χ2n) is 7.90. The van der Waals surface area contributed by atoms with Gasteiger partial charge in [0.2, 0.25) is 17.7 Å². The molecule has 0 aliphatic carbocycles. The summed E-state index contributed by atoms with van der Waals surface area (Å²) < 4.78 is 0. The van der Waals surface area contributed by atoms with Crippen molar-refractivity contribution in [2.24, 2.45) is 5.73 Å². The number of hydrogen-bond donors (Lipinski definition) is 6. The van der Waals surface area contributed by atoms with E-state index in [1.165, 1.54) is 16.7 Å². The van der Waals surface area contributed by atoms with Crippen LogP contribution in [0.4, 0.5) is 0 Å². The van der Waals surface area contributed by atoms with Crippen molar-refractivity contribution in [1.82, 2.24) is 15.5 Å². The Labute approximate surface area is 200 Å². The minimum absolute atomic E-state index is 0.0787. The van der Waals surface area contributed by atoms with Gasteiger partial charge in [0, 0.05) is 19.4 Å². The minimum Gasteiger partial charge on any atom is -0.481 e. The number of hydrogen-bond acceptors (Lipinski definition) is 8. The fourth-order valence-electron chi connectivity index (χ4n) is 3.49. The van der Waals surface area contributed by atoms with Crippen molar-refractivity contribution in [2.75, 3.05) is 18.6 Å². The summed E-state index contributed by atoms with van der Waals surface area (Å²) in [6.07, 6.45) is 1.68. The molecule has 34 heavy (non-hydrogen) atoms. The van der Waals surface area contributed by atoms with Gasteiger partial charge in [0.25, 0.3) is 0 Å². The number of likely N-dealkylation sites (tertiary alicyclic amines) is 1. The monoisotopic (exact) mass is 504 g/mol. The largest absolute Gasteiger partial charge is 0.481 e. The molecule has 0 aromatic heterocycles. The van der Waals surface area contributed by atoms with Gasteiger partial charge >= 0.3 is 17.9 Å². The quantitative estimate of drug-likeness (QED) is 0.156. The lowest BCUT2D eigenvalue weighted by Crippen LogP contribution is -2.56. The summed E-state index contributed by atoms with van der Waals surface area (Å²) in [5.74, 6) is -5.15. The van der Waals surface area contributed by atoms with E-state index in [9.17, 15) is 33.9 Å². The zero-order chi connectivity index (χ0) is 25.8. The Morgan fingerprint density at radius 2 is 1.59 bits per heavy atom. The third kappa shape index (κ3) is 9.55. The number of aliphatic carboxylic acids is 3. The Hall–Kier alpha value is -2.87. The van der Waals surface area contributed by atoms with Gasteiger partial charge < -0.3 is 36.6 Å². The molecule has 1 aliphatic heterocycles. The average molecular weight is 505 g/mol. The highest BCUT2D eigenvalue weighted by Crippen LogP contribution is 2.19. The van der Waals surface area contributed by atoms with Crippen molar-refractivity contribution in [3.8, 4) is 0 Å². The Kier molecular flexibility index (Phi) is 12.4. The smallest absolute Gasteiger partial charge is 0.326 e. The first kappa shape index (κ1) is 29.2. The molecule has 0 aromatic carbocycles. The van der Waals surface area contributed by atoms with E-state index in [1.54, 1.807) is 6.26 Å². The summed E-state index contributed by atoms with van der Waals surface area (Å²) >= 11 is 1.41. The maximum absolute atomic E-state index is 12.9. The Morgan fingerprint density at radius 1 is 0.971 bits per heavy atom. The fraction of sp³-hybridized carbons (Fsp3) is 0.700. The summed E-state index contributed by atoms with van der Waals surface area (Å²) in [5, 5.41) is 31.7. The SMILES string of the molecule is CSCCC(NC(=O)C1CCCN1C(=O)C(N)CCC(=O)O)C(=O)NC(CCC(=O)O)C(=O)O.